The van der Waals surface area contributed by atoms with E-state index in [0.717, 1.165) is 44.2 Å². The first-order valence-corrected chi connectivity index (χ1v) is 8.19. The molecule has 3 nitrogen and oxygen atoms in total. The number of carbonyl (C=O) groups excluding carboxylic acids is 1. The minimum absolute atomic E-state index is 0.0192. The van der Waals surface area contributed by atoms with Crippen LogP contribution in [0.4, 0.5) is 5.69 Å². The first-order chi connectivity index (χ1) is 10.0. The standard InChI is InChI=1S/C16H22N2O.C2H6/c1-12-3-2-4-13(11-12)18-14(19)15-5-8-16(17,9-6-15)10-7-15;1-2/h2-4,11H,5-10,17H2,1H3,(H,18,19);1-2H3. The monoisotopic (exact) mass is 288 g/mol. The average Bonchev–Trinajstić information content (AvgIpc) is 2.50. The molecule has 2 bridgehead atoms. The number of carbonyl (C=O) groups is 1. The van der Waals surface area contributed by atoms with Crippen LogP contribution in [0.25, 0.3) is 0 Å². The highest BCUT2D eigenvalue weighted by Gasteiger charge is 2.50. The number of hydrogen-bond acceptors (Lipinski definition) is 2. The molecule has 0 unspecified atom stereocenters. The van der Waals surface area contributed by atoms with Crippen LogP contribution in [-0.4, -0.2) is 11.4 Å². The summed E-state index contributed by atoms with van der Waals surface area (Å²) in [5.41, 5.74) is 8.23. The first kappa shape index (κ1) is 16.0. The number of hydrogen-bond donors (Lipinski definition) is 2. The lowest BCUT2D eigenvalue weighted by Gasteiger charge is -2.50. The van der Waals surface area contributed by atoms with Crippen LogP contribution in [0.3, 0.4) is 0 Å². The number of fused-ring (bicyclic) bond motifs is 3. The maximum Gasteiger partial charge on any atom is 0.230 e. The van der Waals surface area contributed by atoms with Crippen LogP contribution in [0.15, 0.2) is 24.3 Å². The maximum atomic E-state index is 12.6. The molecule has 3 aliphatic carbocycles. The van der Waals surface area contributed by atoms with E-state index >= 15 is 0 Å². The zero-order chi connectivity index (χ0) is 15.5. The van der Waals surface area contributed by atoms with Crippen molar-refractivity contribution >= 4 is 11.6 Å². The van der Waals surface area contributed by atoms with Crippen molar-refractivity contribution in [1.82, 2.24) is 0 Å². The molecule has 1 aromatic rings. The fraction of sp³-hybridized carbons (Fsp3) is 0.611. The van der Waals surface area contributed by atoms with E-state index in [1.807, 2.05) is 45.0 Å². The minimum Gasteiger partial charge on any atom is -0.326 e. The van der Waals surface area contributed by atoms with Crippen LogP contribution in [0, 0.1) is 12.3 Å². The molecule has 0 atom stereocenters. The number of nitrogens with one attached hydrogen (secondary N) is 1. The van der Waals surface area contributed by atoms with Crippen LogP contribution in [-0.2, 0) is 4.79 Å². The van der Waals surface area contributed by atoms with E-state index in [4.69, 9.17) is 5.73 Å². The molecule has 0 saturated heterocycles. The summed E-state index contributed by atoms with van der Waals surface area (Å²) < 4.78 is 0. The predicted octanol–water partition coefficient (Wildman–Crippen LogP) is 4.01. The molecule has 3 aliphatic rings. The van der Waals surface area contributed by atoms with Crippen LogP contribution < -0.4 is 11.1 Å². The maximum absolute atomic E-state index is 12.6. The topological polar surface area (TPSA) is 55.1 Å². The second-order valence-corrected chi connectivity index (χ2v) is 6.47. The molecular formula is C18H28N2O. The Kier molecular flexibility index (Phi) is 4.72. The number of benzene rings is 1. The van der Waals surface area contributed by atoms with Gasteiger partial charge in [0.15, 0.2) is 0 Å². The Balaban J connectivity index is 0.000000774. The van der Waals surface area contributed by atoms with Gasteiger partial charge in [-0.05, 0) is 63.1 Å². The van der Waals surface area contributed by atoms with Gasteiger partial charge in [0.1, 0.15) is 0 Å². The van der Waals surface area contributed by atoms with Crippen molar-refractivity contribution in [3.8, 4) is 0 Å². The van der Waals surface area contributed by atoms with Crippen molar-refractivity contribution in [2.24, 2.45) is 11.1 Å². The fourth-order valence-corrected chi connectivity index (χ4v) is 3.54. The summed E-state index contributed by atoms with van der Waals surface area (Å²) in [5.74, 6) is 0.194. The summed E-state index contributed by atoms with van der Waals surface area (Å²) in [5, 5.41) is 3.10. The van der Waals surface area contributed by atoms with Crippen LogP contribution >= 0.6 is 0 Å². The third-order valence-electron chi connectivity index (χ3n) is 5.06. The Morgan fingerprint density at radius 3 is 2.19 bits per heavy atom. The number of aryl methyl sites for hydroxylation is 1. The zero-order valence-electron chi connectivity index (χ0n) is 13.5. The first-order valence-electron chi connectivity index (χ1n) is 8.19. The van der Waals surface area contributed by atoms with Gasteiger partial charge in [0.05, 0.1) is 0 Å². The molecule has 1 amide bonds. The van der Waals surface area contributed by atoms with E-state index in [1.165, 1.54) is 5.56 Å². The Hall–Kier alpha value is -1.35. The molecule has 0 aromatic heterocycles. The van der Waals surface area contributed by atoms with Gasteiger partial charge in [-0.3, -0.25) is 4.79 Å². The van der Waals surface area contributed by atoms with Gasteiger partial charge >= 0.3 is 0 Å². The summed E-state index contributed by atoms with van der Waals surface area (Å²) in [6.07, 6.45) is 5.82. The summed E-state index contributed by atoms with van der Waals surface area (Å²) in [6.45, 7) is 6.04. The molecule has 1 aromatic carbocycles. The lowest BCUT2D eigenvalue weighted by molar-refractivity contribution is -0.131. The van der Waals surface area contributed by atoms with Gasteiger partial charge in [-0.2, -0.15) is 0 Å². The summed E-state index contributed by atoms with van der Waals surface area (Å²) in [4.78, 5) is 12.6. The number of rotatable bonds is 2. The van der Waals surface area contributed by atoms with Crippen molar-refractivity contribution in [2.75, 3.05) is 5.32 Å². The molecule has 3 N–H and O–H groups in total. The van der Waals surface area contributed by atoms with E-state index in [1.54, 1.807) is 0 Å². The molecule has 3 saturated carbocycles. The summed E-state index contributed by atoms with van der Waals surface area (Å²) >= 11 is 0. The van der Waals surface area contributed by atoms with Gasteiger partial charge in [0, 0.05) is 16.6 Å². The Labute approximate surface area is 128 Å². The summed E-state index contributed by atoms with van der Waals surface area (Å²) in [6, 6.07) is 8.00. The molecule has 4 rings (SSSR count). The Morgan fingerprint density at radius 2 is 1.67 bits per heavy atom. The largest absolute Gasteiger partial charge is 0.326 e. The van der Waals surface area contributed by atoms with Crippen molar-refractivity contribution < 1.29 is 4.79 Å². The van der Waals surface area contributed by atoms with Gasteiger partial charge < -0.3 is 11.1 Å². The van der Waals surface area contributed by atoms with E-state index in [2.05, 4.69) is 5.32 Å². The van der Waals surface area contributed by atoms with E-state index in [-0.39, 0.29) is 16.9 Å². The number of anilines is 1. The highest BCUT2D eigenvalue weighted by molar-refractivity contribution is 5.95. The van der Waals surface area contributed by atoms with Gasteiger partial charge in [0.2, 0.25) is 5.91 Å². The van der Waals surface area contributed by atoms with Crippen molar-refractivity contribution in [3.05, 3.63) is 29.8 Å². The molecule has 0 radical (unpaired) electrons. The van der Waals surface area contributed by atoms with Crippen molar-refractivity contribution in [1.29, 1.82) is 0 Å². The SMILES string of the molecule is CC.Cc1cccc(NC(=O)C23CCC(N)(CC2)CC3)c1. The van der Waals surface area contributed by atoms with Crippen LogP contribution in [0.5, 0.6) is 0 Å². The third-order valence-corrected chi connectivity index (χ3v) is 5.06. The molecule has 3 heteroatoms. The highest BCUT2D eigenvalue weighted by atomic mass is 16.2. The van der Waals surface area contributed by atoms with Gasteiger partial charge in [-0.15, -0.1) is 0 Å². The highest BCUT2D eigenvalue weighted by Crippen LogP contribution is 2.51. The smallest absolute Gasteiger partial charge is 0.230 e. The van der Waals surface area contributed by atoms with Crippen LogP contribution in [0.2, 0.25) is 0 Å². The van der Waals surface area contributed by atoms with Crippen molar-refractivity contribution in [3.63, 3.8) is 0 Å². The Bertz CT molecular complexity index is 485. The second kappa shape index (κ2) is 6.18. The molecule has 21 heavy (non-hydrogen) atoms. The molecular weight excluding hydrogens is 260 g/mol. The van der Waals surface area contributed by atoms with Crippen LogP contribution in [0.1, 0.15) is 57.9 Å². The average molecular weight is 288 g/mol. The molecule has 3 fully saturated rings. The summed E-state index contributed by atoms with van der Waals surface area (Å²) in [7, 11) is 0. The number of nitrogens with two attached hydrogens (primary N) is 1. The third kappa shape index (κ3) is 3.29. The van der Waals surface area contributed by atoms with Gasteiger partial charge in [-0.1, -0.05) is 26.0 Å². The van der Waals surface area contributed by atoms with E-state index in [0.29, 0.717) is 0 Å². The van der Waals surface area contributed by atoms with Gasteiger partial charge in [0.25, 0.3) is 0 Å². The molecule has 116 valence electrons. The normalized spacial score (nSPS) is 30.3. The Morgan fingerprint density at radius 1 is 1.10 bits per heavy atom. The molecule has 0 heterocycles. The second-order valence-electron chi connectivity index (χ2n) is 6.47. The predicted molar refractivity (Wildman–Crippen MR) is 88.2 cm³/mol. The molecule has 0 spiro atoms. The van der Waals surface area contributed by atoms with Crippen molar-refractivity contribution in [2.45, 2.75) is 64.8 Å². The van der Waals surface area contributed by atoms with E-state index < -0.39 is 0 Å². The lowest BCUT2D eigenvalue weighted by Crippen LogP contribution is -2.55. The lowest BCUT2D eigenvalue weighted by atomic mass is 9.57. The van der Waals surface area contributed by atoms with E-state index in [9.17, 15) is 4.79 Å². The molecule has 0 aliphatic heterocycles. The quantitative estimate of drug-likeness (QED) is 0.864. The number of amides is 1. The zero-order valence-corrected chi connectivity index (χ0v) is 13.5. The fourth-order valence-electron chi connectivity index (χ4n) is 3.54. The van der Waals surface area contributed by atoms with Gasteiger partial charge in [-0.25, -0.2) is 0 Å². The minimum atomic E-state index is -0.162.